The number of aliphatic carboxylic acids is 1. The van der Waals surface area contributed by atoms with Crippen molar-refractivity contribution in [2.45, 2.75) is 51.4 Å². The number of carbonyl (C=O) groups excluding carboxylic acids is 2. The van der Waals surface area contributed by atoms with Gasteiger partial charge in [-0.1, -0.05) is 18.6 Å². The number of ether oxygens (including phenoxy) is 1. The van der Waals surface area contributed by atoms with Crippen molar-refractivity contribution in [1.82, 2.24) is 25.6 Å². The number of urea groups is 1. The number of hydrogen-bond acceptors (Lipinski definition) is 6. The van der Waals surface area contributed by atoms with Crippen LogP contribution in [0.3, 0.4) is 0 Å². The van der Waals surface area contributed by atoms with E-state index in [-0.39, 0.29) is 25.9 Å². The number of alkyl halides is 1. The summed E-state index contributed by atoms with van der Waals surface area (Å²) in [5.74, 6) is -1.14. The van der Waals surface area contributed by atoms with Crippen LogP contribution in [-0.4, -0.2) is 57.5 Å². The Balaban J connectivity index is 2.52. The standard InChI is InChI=1S/C14H22FN5O5/c1-2-3-11(13(22)23)16-14(24)17-12(25-9-21)5-4-10-8-20(7-6-15)19-18-10/h8-9,11-12H,2-7H2,1H3,(H,22,23)(H2,16,17,24)/t11-,12+/m0/s1/i15-1. The van der Waals surface area contributed by atoms with Gasteiger partial charge < -0.3 is 20.5 Å². The second-order valence-electron chi connectivity index (χ2n) is 5.22. The van der Waals surface area contributed by atoms with Crippen LogP contribution in [0.25, 0.3) is 0 Å². The van der Waals surface area contributed by atoms with Crippen LogP contribution in [0.2, 0.25) is 0 Å². The van der Waals surface area contributed by atoms with Crippen LogP contribution in [0.5, 0.6) is 0 Å². The van der Waals surface area contributed by atoms with Crippen LogP contribution in [0.1, 0.15) is 31.9 Å². The van der Waals surface area contributed by atoms with Crippen LogP contribution in [0.4, 0.5) is 9.18 Å². The first kappa shape index (κ1) is 20.3. The molecule has 1 aromatic heterocycles. The Hall–Kier alpha value is -2.72. The minimum Gasteiger partial charge on any atom is -0.480 e. The number of carboxylic acids is 1. The van der Waals surface area contributed by atoms with Crippen LogP contribution in [0.15, 0.2) is 6.20 Å². The number of carbonyl (C=O) groups is 3. The second-order valence-corrected chi connectivity index (χ2v) is 5.22. The van der Waals surface area contributed by atoms with Crippen molar-refractivity contribution in [1.29, 1.82) is 0 Å². The maximum absolute atomic E-state index is 12.2. The van der Waals surface area contributed by atoms with Crippen molar-refractivity contribution < 1.29 is 28.6 Å². The zero-order chi connectivity index (χ0) is 18.7. The average molecular weight is 358 g/mol. The van der Waals surface area contributed by atoms with Crippen LogP contribution in [0, 0.1) is 0 Å². The highest BCUT2D eigenvalue weighted by atomic mass is 18.2. The molecule has 0 saturated heterocycles. The Morgan fingerprint density at radius 1 is 1.44 bits per heavy atom. The number of aryl methyl sites for hydroxylation is 2. The summed E-state index contributed by atoms with van der Waals surface area (Å²) >= 11 is 0. The highest BCUT2D eigenvalue weighted by Gasteiger charge is 2.21. The molecule has 0 spiro atoms. The molecular weight excluding hydrogens is 336 g/mol. The van der Waals surface area contributed by atoms with Gasteiger partial charge in [-0.25, -0.2) is 18.7 Å². The summed E-state index contributed by atoms with van der Waals surface area (Å²) in [6.07, 6.45) is 1.98. The number of hydrogen-bond donors (Lipinski definition) is 3. The number of halogens is 1. The minimum absolute atomic E-state index is 0.0932. The maximum atomic E-state index is 12.2. The smallest absolute Gasteiger partial charge is 0.326 e. The molecule has 2 atom stereocenters. The Morgan fingerprint density at radius 3 is 2.80 bits per heavy atom. The first-order valence-electron chi connectivity index (χ1n) is 7.84. The fraction of sp³-hybridized carbons (Fsp3) is 0.643. The monoisotopic (exact) mass is 358 g/mol. The third kappa shape index (κ3) is 7.59. The molecule has 25 heavy (non-hydrogen) atoms. The summed E-state index contributed by atoms with van der Waals surface area (Å²) < 4.78 is 18.3. The van der Waals surface area contributed by atoms with E-state index in [0.29, 0.717) is 18.5 Å². The molecule has 1 aromatic rings. The van der Waals surface area contributed by atoms with E-state index >= 15 is 0 Å². The topological polar surface area (TPSA) is 135 Å². The summed E-state index contributed by atoms with van der Waals surface area (Å²) in [6.45, 7) is 1.51. The molecule has 0 fully saturated rings. The van der Waals surface area contributed by atoms with Gasteiger partial charge in [-0.2, -0.15) is 0 Å². The summed E-state index contributed by atoms with van der Waals surface area (Å²) in [7, 11) is 0. The molecule has 0 aliphatic carbocycles. The number of amides is 2. The maximum Gasteiger partial charge on any atom is 0.326 e. The van der Waals surface area contributed by atoms with E-state index in [1.54, 1.807) is 13.1 Å². The van der Waals surface area contributed by atoms with E-state index in [4.69, 9.17) is 9.84 Å². The van der Waals surface area contributed by atoms with Crippen molar-refractivity contribution in [3.05, 3.63) is 11.9 Å². The van der Waals surface area contributed by atoms with E-state index in [0.717, 1.165) is 0 Å². The third-order valence-corrected chi connectivity index (χ3v) is 3.26. The van der Waals surface area contributed by atoms with Gasteiger partial charge in [0.2, 0.25) is 0 Å². The minimum atomic E-state index is -1.14. The molecule has 0 unspecified atom stereocenters. The van der Waals surface area contributed by atoms with Gasteiger partial charge in [0.15, 0.2) is 6.23 Å². The lowest BCUT2D eigenvalue weighted by Gasteiger charge is -2.19. The van der Waals surface area contributed by atoms with Crippen molar-refractivity contribution >= 4 is 18.5 Å². The molecule has 0 aliphatic rings. The molecule has 1 heterocycles. The van der Waals surface area contributed by atoms with Crippen LogP contribution < -0.4 is 10.6 Å². The van der Waals surface area contributed by atoms with Crippen molar-refractivity contribution in [3.63, 3.8) is 0 Å². The van der Waals surface area contributed by atoms with Crippen molar-refractivity contribution in [3.8, 4) is 0 Å². The summed E-state index contributed by atoms with van der Waals surface area (Å²) in [6, 6.07) is -1.78. The van der Waals surface area contributed by atoms with E-state index < -0.39 is 30.9 Å². The Kier molecular flexibility index (Phi) is 8.90. The molecule has 140 valence electrons. The molecule has 3 N–H and O–H groups in total. The zero-order valence-corrected chi connectivity index (χ0v) is 13.9. The third-order valence-electron chi connectivity index (χ3n) is 3.26. The molecule has 0 aliphatic heterocycles. The molecule has 0 aromatic carbocycles. The number of aromatic nitrogens is 3. The van der Waals surface area contributed by atoms with Gasteiger partial charge in [-0.3, -0.25) is 4.79 Å². The van der Waals surface area contributed by atoms with Gasteiger partial charge in [-0.05, 0) is 12.8 Å². The molecule has 0 radical (unpaired) electrons. The lowest BCUT2D eigenvalue weighted by atomic mass is 10.2. The molecule has 2 amide bonds. The molecule has 10 nitrogen and oxygen atoms in total. The highest BCUT2D eigenvalue weighted by Crippen LogP contribution is 2.04. The Morgan fingerprint density at radius 2 is 2.20 bits per heavy atom. The first-order chi connectivity index (χ1) is 12.0. The highest BCUT2D eigenvalue weighted by molar-refractivity contribution is 5.82. The van der Waals surface area contributed by atoms with Crippen molar-refractivity contribution in [2.24, 2.45) is 0 Å². The molecule has 1 rings (SSSR count). The fourth-order valence-corrected chi connectivity index (χ4v) is 2.06. The van der Waals surface area contributed by atoms with Gasteiger partial charge in [0.05, 0.1) is 12.2 Å². The summed E-state index contributed by atoms with van der Waals surface area (Å²) in [5.41, 5.74) is 0.546. The van der Waals surface area contributed by atoms with Crippen LogP contribution >= 0.6 is 0 Å². The van der Waals surface area contributed by atoms with Gasteiger partial charge in [0.1, 0.15) is 12.7 Å². The number of nitrogens with zero attached hydrogens (tertiary/aromatic N) is 3. The SMILES string of the molecule is CCC[C@H](NC(=O)N[C@@H](CCc1cn(CC[18F])nn1)OC=O)C(=O)O. The van der Waals surface area contributed by atoms with Crippen LogP contribution in [-0.2, 0) is 27.3 Å². The lowest BCUT2D eigenvalue weighted by Crippen LogP contribution is -2.49. The van der Waals surface area contributed by atoms with E-state index in [1.165, 1.54) is 4.68 Å². The zero-order valence-electron chi connectivity index (χ0n) is 13.9. The summed E-state index contributed by atoms with van der Waals surface area (Å²) in [4.78, 5) is 33.5. The van der Waals surface area contributed by atoms with Gasteiger partial charge in [-0.15, -0.1) is 5.10 Å². The molecular formula is C14H22FN5O5. The Labute approximate surface area is 143 Å². The quantitative estimate of drug-likeness (QED) is 0.359. The first-order valence-corrected chi connectivity index (χ1v) is 7.84. The Bertz CT molecular complexity index is 568. The number of carboxylic acid groups (broad SMARTS) is 1. The average Bonchev–Trinajstić information content (AvgIpc) is 3.00. The van der Waals surface area contributed by atoms with Gasteiger partial charge in [0, 0.05) is 12.6 Å². The van der Waals surface area contributed by atoms with Gasteiger partial charge in [0.25, 0.3) is 6.47 Å². The summed E-state index contributed by atoms with van der Waals surface area (Å²) in [5, 5.41) is 21.3. The second kappa shape index (κ2) is 10.9. The normalized spacial score (nSPS) is 12.9. The number of nitrogens with one attached hydrogen (secondary N) is 2. The molecule has 0 bridgehead atoms. The lowest BCUT2D eigenvalue weighted by molar-refractivity contribution is -0.139. The predicted octanol–water partition coefficient (Wildman–Crippen LogP) is 0.232. The predicted molar refractivity (Wildman–Crippen MR) is 83.3 cm³/mol. The van der Waals surface area contributed by atoms with Crippen molar-refractivity contribution in [2.75, 3.05) is 6.67 Å². The van der Waals surface area contributed by atoms with Gasteiger partial charge >= 0.3 is 12.0 Å². The fourth-order valence-electron chi connectivity index (χ4n) is 2.06. The van der Waals surface area contributed by atoms with E-state index in [2.05, 4.69) is 20.9 Å². The molecule has 0 saturated carbocycles. The number of rotatable bonds is 12. The largest absolute Gasteiger partial charge is 0.480 e. The molecule has 11 heteroatoms. The van der Waals surface area contributed by atoms with E-state index in [9.17, 15) is 18.8 Å². The van der Waals surface area contributed by atoms with E-state index in [1.807, 2.05) is 0 Å².